The molecular weight excluding hydrogens is 138 g/mol. The van der Waals surface area contributed by atoms with Crippen molar-refractivity contribution in [3.05, 3.63) is 0 Å². The fourth-order valence-electron chi connectivity index (χ4n) is 0.598. The predicted octanol–water partition coefficient (Wildman–Crippen LogP) is 2.59. The third kappa shape index (κ3) is 2.01. The molecule has 1 unspecified atom stereocenters. The second kappa shape index (κ2) is 3.00. The molecule has 0 aliphatic carbocycles. The second-order valence-electron chi connectivity index (χ2n) is 4.01. The zero-order valence-corrected chi connectivity index (χ0v) is 7.60. The van der Waals surface area contributed by atoms with Crippen LogP contribution >= 0.6 is 0 Å². The second-order valence-corrected chi connectivity index (χ2v) is 4.01. The Balaban J connectivity index is 4.63. The fourth-order valence-corrected chi connectivity index (χ4v) is 0.598. The maximum Gasteiger partial charge on any atom is 0.0806 e. The number of nitrogens with zero attached hydrogens (tertiary/aromatic N) is 2. The molecule has 3 nitrogen and oxygen atoms in total. The molecule has 0 saturated heterocycles. The van der Waals surface area contributed by atoms with Gasteiger partial charge in [0.15, 0.2) is 0 Å². The third-order valence-corrected chi connectivity index (χ3v) is 2.30. The maximum atomic E-state index is 8.86. The van der Waals surface area contributed by atoms with Gasteiger partial charge in [0.1, 0.15) is 0 Å². The van der Waals surface area contributed by atoms with E-state index in [2.05, 4.69) is 11.2 Å². The number of hydrogen-bond acceptors (Lipinski definition) is 3. The molecule has 0 rings (SSSR count). The van der Waals surface area contributed by atoms with Gasteiger partial charge in [-0.2, -0.15) is 10.4 Å². The molecule has 0 aromatic rings. The first-order valence-corrected chi connectivity index (χ1v) is 3.62. The minimum Gasteiger partial charge on any atom is -0.210 e. The van der Waals surface area contributed by atoms with E-state index in [1.54, 1.807) is 0 Å². The summed E-state index contributed by atoms with van der Waals surface area (Å²) in [7, 11) is 0. The molecule has 3 heteroatoms. The Bertz CT molecular complexity index is 184. The topological polar surface area (TPSA) is 60.0 Å². The van der Waals surface area contributed by atoms with Crippen LogP contribution in [0.5, 0.6) is 0 Å². The van der Waals surface area contributed by atoms with Gasteiger partial charge in [-0.05, 0) is 12.3 Å². The van der Waals surface area contributed by atoms with Crippen LogP contribution in [-0.2, 0) is 0 Å². The van der Waals surface area contributed by atoms with E-state index in [9.17, 15) is 0 Å². The van der Waals surface area contributed by atoms with Gasteiger partial charge in [0.05, 0.1) is 18.0 Å². The lowest BCUT2D eigenvalue weighted by Crippen LogP contribution is -2.33. The molecule has 0 aliphatic heterocycles. The average molecular weight is 153 g/mol. The van der Waals surface area contributed by atoms with Crippen molar-refractivity contribution < 1.29 is 0 Å². The van der Waals surface area contributed by atoms with Crippen molar-refractivity contribution in [2.75, 3.05) is 6.54 Å². The monoisotopic (exact) mass is 153 g/mol. The van der Waals surface area contributed by atoms with Crippen molar-refractivity contribution in [1.82, 2.24) is 0 Å². The van der Waals surface area contributed by atoms with Crippen LogP contribution in [0.15, 0.2) is 5.11 Å². The van der Waals surface area contributed by atoms with Gasteiger partial charge in [0.25, 0.3) is 0 Å². The van der Waals surface area contributed by atoms with E-state index in [-0.39, 0.29) is 12.0 Å². The van der Waals surface area contributed by atoms with Crippen molar-refractivity contribution in [3.63, 3.8) is 0 Å². The van der Waals surface area contributed by atoms with Gasteiger partial charge in [-0.1, -0.05) is 20.8 Å². The molecule has 0 heterocycles. The zero-order chi connectivity index (χ0) is 9.12. The maximum absolute atomic E-state index is 8.86. The molecule has 0 saturated carbocycles. The van der Waals surface area contributed by atoms with Crippen LogP contribution < -0.4 is 0 Å². The van der Waals surface area contributed by atoms with Crippen molar-refractivity contribution in [3.8, 4) is 6.07 Å². The molecule has 0 spiro atoms. The van der Waals surface area contributed by atoms with Crippen LogP contribution in [0.2, 0.25) is 0 Å². The van der Waals surface area contributed by atoms with Crippen molar-refractivity contribution in [2.24, 2.45) is 15.9 Å². The molecule has 0 fully saturated rings. The smallest absolute Gasteiger partial charge is 0.0806 e. The molecule has 0 radical (unpaired) electrons. The molecular formula is C8H15N3. The summed E-state index contributed by atoms with van der Waals surface area (Å²) >= 11 is 0. The van der Waals surface area contributed by atoms with Crippen molar-refractivity contribution >= 4 is 0 Å². The zero-order valence-electron chi connectivity index (χ0n) is 7.60. The number of nitrogens with one attached hydrogen (secondary N) is 1. The van der Waals surface area contributed by atoms with E-state index in [1.165, 1.54) is 0 Å². The summed E-state index contributed by atoms with van der Waals surface area (Å²) in [6, 6.07) is 2.21. The Morgan fingerprint density at radius 1 is 1.36 bits per heavy atom. The quantitative estimate of drug-likeness (QED) is 0.609. The largest absolute Gasteiger partial charge is 0.210 e. The Morgan fingerprint density at radius 3 is 1.91 bits per heavy atom. The summed E-state index contributed by atoms with van der Waals surface area (Å²) in [4.78, 5) is 0. The van der Waals surface area contributed by atoms with Gasteiger partial charge in [-0.15, -0.1) is 0 Å². The van der Waals surface area contributed by atoms with Crippen LogP contribution in [0.25, 0.3) is 0 Å². The minimum atomic E-state index is -0.519. The summed E-state index contributed by atoms with van der Waals surface area (Å²) in [5.41, 5.74) is 6.08. The summed E-state index contributed by atoms with van der Waals surface area (Å²) in [6.07, 6.45) is 0. The van der Waals surface area contributed by atoms with Crippen molar-refractivity contribution in [1.29, 1.82) is 10.8 Å². The molecule has 0 aromatic heterocycles. The van der Waals surface area contributed by atoms with Crippen LogP contribution in [0.3, 0.4) is 0 Å². The van der Waals surface area contributed by atoms with Gasteiger partial charge < -0.3 is 0 Å². The summed E-state index contributed by atoms with van der Waals surface area (Å²) < 4.78 is 0. The number of hydrogen-bond donors (Lipinski definition) is 1. The first-order valence-electron chi connectivity index (χ1n) is 3.62. The standard InChI is InChI=1S/C8H15N3/c1-7(2,3)8(4,5-9)6-11-10/h10H,6H2,1-4H3. The molecule has 0 amide bonds. The highest BCUT2D eigenvalue weighted by atomic mass is 15.0. The van der Waals surface area contributed by atoms with Gasteiger partial charge in [0.2, 0.25) is 0 Å². The van der Waals surface area contributed by atoms with Crippen LogP contribution in [0.1, 0.15) is 27.7 Å². The highest BCUT2D eigenvalue weighted by molar-refractivity contribution is 5.04. The molecule has 0 aromatic carbocycles. The average Bonchev–Trinajstić information content (AvgIpc) is 1.86. The van der Waals surface area contributed by atoms with E-state index in [0.717, 1.165) is 0 Å². The number of rotatable bonds is 2. The van der Waals surface area contributed by atoms with Crippen LogP contribution in [0, 0.1) is 27.7 Å². The van der Waals surface area contributed by atoms with E-state index < -0.39 is 5.41 Å². The van der Waals surface area contributed by atoms with Crippen LogP contribution in [0.4, 0.5) is 0 Å². The summed E-state index contributed by atoms with van der Waals surface area (Å²) in [5.74, 6) is 0. The van der Waals surface area contributed by atoms with Crippen molar-refractivity contribution in [2.45, 2.75) is 27.7 Å². The van der Waals surface area contributed by atoms with E-state index in [0.29, 0.717) is 0 Å². The minimum absolute atomic E-state index is 0.119. The molecule has 11 heavy (non-hydrogen) atoms. The van der Waals surface area contributed by atoms with E-state index in [1.807, 2.05) is 27.7 Å². The van der Waals surface area contributed by atoms with E-state index >= 15 is 0 Å². The molecule has 0 aliphatic rings. The fraction of sp³-hybridized carbons (Fsp3) is 0.875. The molecule has 0 bridgehead atoms. The van der Waals surface area contributed by atoms with Gasteiger partial charge in [0, 0.05) is 0 Å². The third-order valence-electron chi connectivity index (χ3n) is 2.30. The Kier molecular flexibility index (Phi) is 2.75. The number of nitriles is 1. The first-order chi connectivity index (χ1) is 4.87. The van der Waals surface area contributed by atoms with E-state index in [4.69, 9.17) is 10.8 Å². The highest BCUT2D eigenvalue weighted by Crippen LogP contribution is 2.37. The lowest BCUT2D eigenvalue weighted by molar-refractivity contribution is 0.184. The lowest BCUT2D eigenvalue weighted by Gasteiger charge is -2.33. The highest BCUT2D eigenvalue weighted by Gasteiger charge is 2.37. The normalized spacial score (nSPS) is 16.6. The van der Waals surface area contributed by atoms with Crippen LogP contribution in [-0.4, -0.2) is 6.54 Å². The molecule has 62 valence electrons. The molecule has 1 N–H and O–H groups in total. The summed E-state index contributed by atoms with van der Waals surface area (Å²) in [5, 5.41) is 12.1. The molecule has 1 atom stereocenters. The van der Waals surface area contributed by atoms with Gasteiger partial charge in [-0.3, -0.25) is 0 Å². The van der Waals surface area contributed by atoms with Gasteiger partial charge in [-0.25, -0.2) is 5.53 Å². The first kappa shape index (κ1) is 10.1. The lowest BCUT2D eigenvalue weighted by atomic mass is 9.69. The Labute approximate surface area is 67.9 Å². The summed E-state index contributed by atoms with van der Waals surface area (Å²) in [6.45, 7) is 8.09. The van der Waals surface area contributed by atoms with Gasteiger partial charge >= 0.3 is 0 Å². The SMILES string of the molecule is CC(C)(C)C(C)(C#N)CN=N. The Hall–Kier alpha value is -0.910. The Morgan fingerprint density at radius 2 is 1.82 bits per heavy atom. The predicted molar refractivity (Wildman–Crippen MR) is 43.2 cm³/mol.